The summed E-state index contributed by atoms with van der Waals surface area (Å²) in [7, 11) is -3.89. The number of hydrogen-bond acceptors (Lipinski definition) is 11. The molecule has 0 spiro atoms. The fourth-order valence-electron chi connectivity index (χ4n) is 2.77. The highest BCUT2D eigenvalue weighted by Gasteiger charge is 2.57. The molecule has 4 N–H and O–H groups in total. The lowest BCUT2D eigenvalue weighted by atomic mass is 10.1. The van der Waals surface area contributed by atoms with E-state index in [9.17, 15) is 27.4 Å². The first-order chi connectivity index (χ1) is 15.1. The summed E-state index contributed by atoms with van der Waals surface area (Å²) in [4.78, 5) is 45.7. The molecule has 13 nitrogen and oxygen atoms in total. The highest BCUT2D eigenvalue weighted by molar-refractivity contribution is 7.84. The molecule has 0 aliphatic carbocycles. The van der Waals surface area contributed by atoms with Gasteiger partial charge in [-0.3, -0.25) is 18.9 Å². The summed E-state index contributed by atoms with van der Waals surface area (Å²) in [6.45, 7) is 0. The van der Waals surface area contributed by atoms with Crippen LogP contribution in [0.1, 0.15) is 11.3 Å². The molecule has 0 saturated carbocycles. The summed E-state index contributed by atoms with van der Waals surface area (Å²) in [5.74, 6) is -3.08. The molecule has 2 atom stereocenters. The van der Waals surface area contributed by atoms with Crippen LogP contribution in [0.2, 0.25) is 0 Å². The lowest BCUT2D eigenvalue weighted by Crippen LogP contribution is -2.73. The molecule has 1 aliphatic rings. The summed E-state index contributed by atoms with van der Waals surface area (Å²) < 4.78 is 37.5. The van der Waals surface area contributed by atoms with Gasteiger partial charge < -0.3 is 20.6 Å². The topological polar surface area (TPSA) is 191 Å². The van der Waals surface area contributed by atoms with Crippen molar-refractivity contribution in [1.82, 2.24) is 14.6 Å². The van der Waals surface area contributed by atoms with Crippen molar-refractivity contribution in [2.75, 3.05) is 12.8 Å². The van der Waals surface area contributed by atoms with Gasteiger partial charge in [-0.1, -0.05) is 35.5 Å². The molecular formula is C17H17N5O8S2. The fourth-order valence-corrected chi connectivity index (χ4v) is 4.09. The number of amides is 2. The molecule has 170 valence electrons. The minimum atomic E-state index is -5.06. The lowest BCUT2D eigenvalue weighted by molar-refractivity contribution is -0.179. The highest BCUT2D eigenvalue weighted by Crippen LogP contribution is 2.25. The third-order valence-electron chi connectivity index (χ3n) is 4.14. The largest absolute Gasteiger partial charge is 0.437 e. The number of esters is 1. The number of nitrogens with one attached hydrogen (secondary N) is 1. The Morgan fingerprint density at radius 2 is 2.03 bits per heavy atom. The van der Waals surface area contributed by atoms with Crippen molar-refractivity contribution < 1.29 is 36.9 Å². The van der Waals surface area contributed by atoms with Gasteiger partial charge in [0.05, 0.1) is 6.42 Å². The molecule has 32 heavy (non-hydrogen) atoms. The number of aromatic nitrogens is 1. The van der Waals surface area contributed by atoms with E-state index in [1.165, 1.54) is 12.5 Å². The van der Waals surface area contributed by atoms with Gasteiger partial charge in [-0.15, -0.1) is 11.3 Å². The lowest BCUT2D eigenvalue weighted by Gasteiger charge is -2.42. The number of carbonyl (C=O) groups excluding carboxylic acids is 3. The van der Waals surface area contributed by atoms with Gasteiger partial charge in [0.15, 0.2) is 16.9 Å². The van der Waals surface area contributed by atoms with Crippen LogP contribution >= 0.6 is 11.3 Å². The minimum Gasteiger partial charge on any atom is -0.437 e. The molecule has 15 heteroatoms. The SMILES string of the molecule is CON=C(C(=O)N[C@@H]1C(=O)N(S(=O)(=O)O)[C@@H]1OC(=O)Cc1ccccc1)c1csc(N)n1. The average Bonchev–Trinajstić information content (AvgIpc) is 3.15. The molecule has 0 unspecified atom stereocenters. The van der Waals surface area contributed by atoms with E-state index in [4.69, 9.17) is 10.5 Å². The Hall–Kier alpha value is -3.56. The molecule has 1 fully saturated rings. The van der Waals surface area contributed by atoms with E-state index < -0.39 is 40.4 Å². The molecule has 0 bridgehead atoms. The Kier molecular flexibility index (Phi) is 6.71. The number of thiazole rings is 1. The van der Waals surface area contributed by atoms with Gasteiger partial charge in [-0.25, -0.2) is 4.98 Å². The Balaban J connectivity index is 1.78. The molecule has 0 radical (unpaired) electrons. The van der Waals surface area contributed by atoms with Crippen molar-refractivity contribution >= 4 is 50.3 Å². The Morgan fingerprint density at radius 1 is 1.34 bits per heavy atom. The van der Waals surface area contributed by atoms with E-state index in [1.807, 2.05) is 0 Å². The molecular weight excluding hydrogens is 466 g/mol. The van der Waals surface area contributed by atoms with Crippen molar-refractivity contribution in [2.24, 2.45) is 5.16 Å². The number of ether oxygens (including phenoxy) is 1. The zero-order valence-electron chi connectivity index (χ0n) is 16.4. The van der Waals surface area contributed by atoms with E-state index >= 15 is 0 Å². The van der Waals surface area contributed by atoms with Crippen LogP contribution < -0.4 is 11.1 Å². The van der Waals surface area contributed by atoms with Crippen molar-refractivity contribution in [1.29, 1.82) is 0 Å². The minimum absolute atomic E-state index is 0.0443. The molecule has 1 saturated heterocycles. The van der Waals surface area contributed by atoms with E-state index in [0.29, 0.717) is 5.56 Å². The van der Waals surface area contributed by atoms with Crippen molar-refractivity contribution in [3.05, 3.63) is 47.0 Å². The summed E-state index contributed by atoms with van der Waals surface area (Å²) in [5.41, 5.74) is 5.80. The summed E-state index contributed by atoms with van der Waals surface area (Å²) in [6.07, 6.45) is -2.04. The van der Waals surface area contributed by atoms with E-state index in [2.05, 4.69) is 20.3 Å². The average molecular weight is 483 g/mol. The summed E-state index contributed by atoms with van der Waals surface area (Å²) >= 11 is 1.02. The number of carbonyl (C=O) groups is 3. The van der Waals surface area contributed by atoms with Gasteiger partial charge in [-0.2, -0.15) is 12.7 Å². The van der Waals surface area contributed by atoms with Crippen LogP contribution in [0.3, 0.4) is 0 Å². The Labute approximate surface area is 185 Å². The number of β-lactam (4-membered cyclic amide) rings is 1. The molecule has 2 amide bonds. The number of hydrogen-bond donors (Lipinski definition) is 3. The van der Waals surface area contributed by atoms with Gasteiger partial charge in [0, 0.05) is 5.38 Å². The first-order valence-electron chi connectivity index (χ1n) is 8.79. The predicted molar refractivity (Wildman–Crippen MR) is 110 cm³/mol. The third-order valence-corrected chi connectivity index (χ3v) is 5.70. The van der Waals surface area contributed by atoms with Gasteiger partial charge in [0.2, 0.25) is 6.23 Å². The van der Waals surface area contributed by atoms with Crippen LogP contribution in [-0.4, -0.2) is 65.1 Å². The number of nitrogens with zero attached hydrogens (tertiary/aromatic N) is 3. The van der Waals surface area contributed by atoms with Crippen LogP contribution in [-0.2, 0) is 40.7 Å². The Bertz CT molecular complexity index is 1160. The molecule has 2 aromatic rings. The van der Waals surface area contributed by atoms with Crippen LogP contribution in [0.4, 0.5) is 5.13 Å². The van der Waals surface area contributed by atoms with Crippen molar-refractivity contribution in [3.8, 4) is 0 Å². The van der Waals surface area contributed by atoms with Crippen LogP contribution in [0.5, 0.6) is 0 Å². The maximum atomic E-state index is 12.6. The van der Waals surface area contributed by atoms with Gasteiger partial charge in [0.25, 0.3) is 11.8 Å². The van der Waals surface area contributed by atoms with Crippen LogP contribution in [0, 0.1) is 0 Å². The number of oxime groups is 1. The maximum Gasteiger partial charge on any atom is 0.365 e. The number of anilines is 1. The van der Waals surface area contributed by atoms with Gasteiger partial charge >= 0.3 is 16.3 Å². The molecule has 2 heterocycles. The molecule has 1 aromatic carbocycles. The first-order valence-corrected chi connectivity index (χ1v) is 11.1. The van der Waals surface area contributed by atoms with Crippen LogP contribution in [0.25, 0.3) is 0 Å². The van der Waals surface area contributed by atoms with Crippen LogP contribution in [0.15, 0.2) is 40.9 Å². The fraction of sp³-hybridized carbons (Fsp3) is 0.235. The standard InChI is InChI=1S/C17H17N5O8S2/c1-29-21-12(10-8-31-17(18)19-10)14(24)20-13-15(25)22(32(26,27)28)16(13)30-11(23)7-9-5-3-2-4-6-9/h2-6,8,13,16H,7H2,1H3,(H2,18,19)(H,20,24)(H,26,27,28)/t13-,16-/m1/s1. The third kappa shape index (κ3) is 5.01. The zero-order chi connectivity index (χ0) is 23.5. The number of nitrogen functional groups attached to an aromatic ring is 1. The number of rotatable bonds is 8. The van der Waals surface area contributed by atoms with Gasteiger partial charge in [0.1, 0.15) is 12.8 Å². The summed E-state index contributed by atoms with van der Waals surface area (Å²) in [6, 6.07) is 6.78. The van der Waals surface area contributed by atoms with Crippen molar-refractivity contribution in [2.45, 2.75) is 18.7 Å². The normalized spacial score (nSPS) is 18.6. The van der Waals surface area contributed by atoms with Crippen molar-refractivity contribution in [3.63, 3.8) is 0 Å². The second-order valence-electron chi connectivity index (χ2n) is 6.30. The number of benzene rings is 1. The second-order valence-corrected chi connectivity index (χ2v) is 8.48. The zero-order valence-corrected chi connectivity index (χ0v) is 18.0. The second kappa shape index (κ2) is 9.29. The van der Waals surface area contributed by atoms with E-state index in [-0.39, 0.29) is 27.3 Å². The quantitative estimate of drug-likeness (QED) is 0.142. The highest BCUT2D eigenvalue weighted by atomic mass is 32.2. The molecule has 1 aromatic heterocycles. The molecule has 1 aliphatic heterocycles. The number of nitrogens with two attached hydrogens (primary N) is 1. The maximum absolute atomic E-state index is 12.6. The monoisotopic (exact) mass is 483 g/mol. The van der Waals surface area contributed by atoms with E-state index in [1.54, 1.807) is 30.3 Å². The smallest absolute Gasteiger partial charge is 0.365 e. The first kappa shape index (κ1) is 23.1. The molecule has 3 rings (SSSR count). The predicted octanol–water partition coefficient (Wildman–Crippen LogP) is -0.682. The summed E-state index contributed by atoms with van der Waals surface area (Å²) in [5, 5.41) is 7.31. The Morgan fingerprint density at radius 3 is 2.59 bits per heavy atom. The van der Waals surface area contributed by atoms with Gasteiger partial charge in [-0.05, 0) is 5.56 Å². The van der Waals surface area contributed by atoms with E-state index in [0.717, 1.165) is 11.3 Å².